The largest absolute Gasteiger partial charge is 0.288 e. The number of hydrogen-bond acceptors (Lipinski definition) is 3. The van der Waals surface area contributed by atoms with Crippen LogP contribution in [0.3, 0.4) is 0 Å². The molecule has 0 saturated heterocycles. The highest BCUT2D eigenvalue weighted by molar-refractivity contribution is 7.14. The maximum Gasteiger partial charge on any atom is 0.206 e. The molecule has 0 bridgehead atoms. The molecule has 1 aliphatic carbocycles. The third-order valence-electron chi connectivity index (χ3n) is 3.24. The number of ketones is 1. The summed E-state index contributed by atoms with van der Waals surface area (Å²) in [7, 11) is 0. The summed E-state index contributed by atoms with van der Waals surface area (Å²) in [5.74, 6) is -0.775. The summed E-state index contributed by atoms with van der Waals surface area (Å²) in [6, 6.07) is 3.37. The van der Waals surface area contributed by atoms with Gasteiger partial charge in [0.25, 0.3) is 0 Å². The van der Waals surface area contributed by atoms with Gasteiger partial charge in [-0.3, -0.25) is 9.78 Å². The average molecular weight is 261 g/mol. The van der Waals surface area contributed by atoms with Gasteiger partial charge in [0, 0.05) is 11.1 Å². The van der Waals surface area contributed by atoms with E-state index in [1.165, 1.54) is 46.9 Å². The van der Waals surface area contributed by atoms with Crippen LogP contribution in [-0.2, 0) is 12.8 Å². The minimum atomic E-state index is -0.547. The van der Waals surface area contributed by atoms with E-state index in [2.05, 4.69) is 4.98 Å². The van der Waals surface area contributed by atoms with E-state index >= 15 is 0 Å². The molecule has 0 atom stereocenters. The predicted octanol–water partition coefficient (Wildman–Crippen LogP) is 3.39. The lowest BCUT2D eigenvalue weighted by Gasteiger charge is -2.08. The van der Waals surface area contributed by atoms with E-state index in [1.54, 1.807) is 0 Å². The second-order valence-corrected chi connectivity index (χ2v) is 5.59. The van der Waals surface area contributed by atoms with Gasteiger partial charge < -0.3 is 0 Å². The number of hydrogen-bond donors (Lipinski definition) is 0. The van der Waals surface area contributed by atoms with E-state index in [-0.39, 0.29) is 11.3 Å². The first kappa shape index (κ1) is 11.5. The molecular weight excluding hydrogens is 249 g/mol. The fraction of sp³-hybridized carbons (Fsp3) is 0.286. The third kappa shape index (κ3) is 1.97. The number of halogens is 1. The highest BCUT2D eigenvalue weighted by Gasteiger charge is 2.20. The van der Waals surface area contributed by atoms with Gasteiger partial charge in [-0.15, -0.1) is 11.3 Å². The lowest BCUT2D eigenvalue weighted by atomic mass is 9.98. The highest BCUT2D eigenvalue weighted by Crippen LogP contribution is 2.31. The Bertz CT molecular complexity index is 582. The molecule has 4 heteroatoms. The van der Waals surface area contributed by atoms with E-state index in [0.717, 1.165) is 19.0 Å². The molecule has 1 aliphatic rings. The zero-order valence-corrected chi connectivity index (χ0v) is 10.6. The van der Waals surface area contributed by atoms with Gasteiger partial charge in [-0.25, -0.2) is 4.39 Å². The number of pyridine rings is 1. The Morgan fingerprint density at radius 1 is 1.33 bits per heavy atom. The Balaban J connectivity index is 1.98. The molecule has 2 aromatic heterocycles. The normalized spacial score (nSPS) is 14.3. The second kappa shape index (κ2) is 4.61. The van der Waals surface area contributed by atoms with Crippen LogP contribution < -0.4 is 0 Å². The quantitative estimate of drug-likeness (QED) is 0.776. The molecule has 92 valence electrons. The summed E-state index contributed by atoms with van der Waals surface area (Å²) in [6.07, 6.45) is 6.99. The monoisotopic (exact) mass is 261 g/mol. The summed E-state index contributed by atoms with van der Waals surface area (Å²) in [5.41, 5.74) is 1.38. The number of aryl methyl sites for hydroxylation is 2. The molecule has 0 amide bonds. The molecule has 0 saturated carbocycles. The molecule has 0 aliphatic heterocycles. The van der Waals surface area contributed by atoms with E-state index in [9.17, 15) is 9.18 Å². The van der Waals surface area contributed by atoms with Crippen LogP contribution in [-0.4, -0.2) is 10.8 Å². The third-order valence-corrected chi connectivity index (χ3v) is 4.47. The number of rotatable bonds is 2. The van der Waals surface area contributed by atoms with Gasteiger partial charge in [-0.1, -0.05) is 0 Å². The Kier molecular flexibility index (Phi) is 2.96. The van der Waals surface area contributed by atoms with Crippen LogP contribution >= 0.6 is 11.3 Å². The Hall–Kier alpha value is -1.55. The first-order valence-corrected chi connectivity index (χ1v) is 6.83. The summed E-state index contributed by atoms with van der Waals surface area (Å²) in [4.78, 5) is 17.8. The topological polar surface area (TPSA) is 30.0 Å². The van der Waals surface area contributed by atoms with Crippen LogP contribution in [0.15, 0.2) is 24.5 Å². The van der Waals surface area contributed by atoms with Gasteiger partial charge in [0.15, 0.2) is 5.82 Å². The Morgan fingerprint density at radius 3 is 2.94 bits per heavy atom. The van der Waals surface area contributed by atoms with Crippen molar-refractivity contribution >= 4 is 17.1 Å². The van der Waals surface area contributed by atoms with E-state index < -0.39 is 5.82 Å². The smallest absolute Gasteiger partial charge is 0.206 e. The summed E-state index contributed by atoms with van der Waals surface area (Å²) in [5, 5.41) is 0. The number of fused-ring (bicyclic) bond motifs is 1. The molecular formula is C14H12FNOS. The summed E-state index contributed by atoms with van der Waals surface area (Å²) < 4.78 is 13.5. The van der Waals surface area contributed by atoms with Crippen LogP contribution in [0.25, 0.3) is 0 Å². The van der Waals surface area contributed by atoms with Crippen LogP contribution in [0.1, 0.15) is 38.5 Å². The van der Waals surface area contributed by atoms with Crippen molar-refractivity contribution < 1.29 is 9.18 Å². The molecule has 0 aromatic carbocycles. The van der Waals surface area contributed by atoms with Crippen molar-refractivity contribution in [3.63, 3.8) is 0 Å². The van der Waals surface area contributed by atoms with Crippen molar-refractivity contribution in [1.82, 2.24) is 4.98 Å². The first-order chi connectivity index (χ1) is 8.75. The number of thiophene rings is 1. The standard InChI is InChI=1S/C14H12FNOS/c15-11-8-16-6-5-10(11)14(17)13-7-9-3-1-2-4-12(9)18-13/h5-8H,1-4H2. The van der Waals surface area contributed by atoms with Crippen LogP contribution in [0, 0.1) is 5.82 Å². The zero-order valence-electron chi connectivity index (χ0n) is 9.78. The minimum Gasteiger partial charge on any atom is -0.288 e. The number of aromatic nitrogens is 1. The Morgan fingerprint density at radius 2 is 2.17 bits per heavy atom. The Labute approximate surface area is 108 Å². The van der Waals surface area contributed by atoms with Crippen molar-refractivity contribution in [2.45, 2.75) is 25.7 Å². The van der Waals surface area contributed by atoms with Gasteiger partial charge >= 0.3 is 0 Å². The van der Waals surface area contributed by atoms with Crippen molar-refractivity contribution in [3.8, 4) is 0 Å². The minimum absolute atomic E-state index is 0.114. The lowest BCUT2D eigenvalue weighted by molar-refractivity contribution is 0.103. The molecule has 0 fully saturated rings. The molecule has 0 unspecified atom stereocenters. The fourth-order valence-corrected chi connectivity index (χ4v) is 3.50. The summed E-state index contributed by atoms with van der Waals surface area (Å²) >= 11 is 1.51. The molecule has 2 nitrogen and oxygen atoms in total. The van der Waals surface area contributed by atoms with Crippen molar-refractivity contribution in [2.24, 2.45) is 0 Å². The van der Waals surface area contributed by atoms with Gasteiger partial charge in [-0.05, 0) is 43.4 Å². The van der Waals surface area contributed by atoms with Gasteiger partial charge in [0.05, 0.1) is 16.6 Å². The van der Waals surface area contributed by atoms with Crippen molar-refractivity contribution in [1.29, 1.82) is 0 Å². The molecule has 0 spiro atoms. The molecule has 2 aromatic rings. The molecule has 2 heterocycles. The summed E-state index contributed by atoms with van der Waals surface area (Å²) in [6.45, 7) is 0. The highest BCUT2D eigenvalue weighted by atomic mass is 32.1. The molecule has 0 radical (unpaired) electrons. The van der Waals surface area contributed by atoms with Crippen molar-refractivity contribution in [2.75, 3.05) is 0 Å². The van der Waals surface area contributed by atoms with Crippen LogP contribution in [0.4, 0.5) is 4.39 Å². The van der Waals surface area contributed by atoms with Crippen LogP contribution in [0.5, 0.6) is 0 Å². The molecule has 3 rings (SSSR count). The lowest BCUT2D eigenvalue weighted by Crippen LogP contribution is -2.02. The molecule has 18 heavy (non-hydrogen) atoms. The first-order valence-electron chi connectivity index (χ1n) is 6.01. The SMILES string of the molecule is O=C(c1cc2c(s1)CCCC2)c1ccncc1F. The van der Waals surface area contributed by atoms with Gasteiger partial charge in [0.2, 0.25) is 5.78 Å². The maximum atomic E-state index is 13.5. The number of nitrogens with zero attached hydrogens (tertiary/aromatic N) is 1. The zero-order chi connectivity index (χ0) is 12.5. The second-order valence-electron chi connectivity index (χ2n) is 4.45. The number of carbonyl (C=O) groups excluding carboxylic acids is 1. The number of carbonyl (C=O) groups is 1. The van der Waals surface area contributed by atoms with Gasteiger partial charge in [-0.2, -0.15) is 0 Å². The fourth-order valence-electron chi connectivity index (χ4n) is 2.29. The van der Waals surface area contributed by atoms with E-state index in [1.807, 2.05) is 6.07 Å². The van der Waals surface area contributed by atoms with Crippen LogP contribution in [0.2, 0.25) is 0 Å². The average Bonchev–Trinajstić information content (AvgIpc) is 2.82. The van der Waals surface area contributed by atoms with E-state index in [4.69, 9.17) is 0 Å². The van der Waals surface area contributed by atoms with Crippen molar-refractivity contribution in [3.05, 3.63) is 51.2 Å². The maximum absolute atomic E-state index is 13.5. The van der Waals surface area contributed by atoms with E-state index in [0.29, 0.717) is 4.88 Å². The van der Waals surface area contributed by atoms with Gasteiger partial charge in [0.1, 0.15) is 0 Å². The predicted molar refractivity (Wildman–Crippen MR) is 68.6 cm³/mol. The molecule has 0 N–H and O–H groups in total.